The zero-order chi connectivity index (χ0) is 24.5. The first kappa shape index (κ1) is 23.2. The summed E-state index contributed by atoms with van der Waals surface area (Å²) < 4.78 is 0. The average molecular weight is 477 g/mol. The second-order valence-corrected chi connectivity index (χ2v) is 9.84. The molecule has 2 aromatic carbocycles. The summed E-state index contributed by atoms with van der Waals surface area (Å²) in [6, 6.07) is 13.1. The quantitative estimate of drug-likeness (QED) is 0.677. The van der Waals surface area contributed by atoms with Gasteiger partial charge < -0.3 is 25.1 Å². The zero-order valence-corrected chi connectivity index (χ0v) is 20.1. The molecule has 0 spiro atoms. The summed E-state index contributed by atoms with van der Waals surface area (Å²) in [6.45, 7) is 4.58. The predicted octanol–water partition coefficient (Wildman–Crippen LogP) is 4.12. The standard InChI is InChI=1S/C27H32N4O4/c1-18-4-6-19(7-5-18)24-17-30(27(34)35)14-15-31(24)26(33)22-11-10-21(28-25(32)20-8-9-20)16-23(22)29-12-2-3-13-29/h4-7,10-11,16,20,24H,2-3,8-9,12-15,17H2,1H3,(H,28,32)(H,34,35)/t24-/m1/s1. The number of amides is 3. The molecule has 1 atom stereocenters. The lowest BCUT2D eigenvalue weighted by atomic mass is 9.99. The van der Waals surface area contributed by atoms with Gasteiger partial charge >= 0.3 is 6.09 Å². The molecule has 3 amide bonds. The summed E-state index contributed by atoms with van der Waals surface area (Å²) >= 11 is 0. The number of anilines is 2. The first-order valence-electron chi connectivity index (χ1n) is 12.5. The number of nitrogens with zero attached hydrogens (tertiary/aromatic N) is 3. The molecule has 3 fully saturated rings. The molecule has 2 aliphatic heterocycles. The van der Waals surface area contributed by atoms with Crippen LogP contribution in [0.2, 0.25) is 0 Å². The third kappa shape index (κ3) is 4.97. The van der Waals surface area contributed by atoms with E-state index in [1.807, 2.05) is 54.3 Å². The average Bonchev–Trinajstić information content (AvgIpc) is 3.58. The van der Waals surface area contributed by atoms with Crippen molar-refractivity contribution in [3.63, 3.8) is 0 Å². The van der Waals surface area contributed by atoms with Crippen LogP contribution < -0.4 is 10.2 Å². The van der Waals surface area contributed by atoms with Gasteiger partial charge in [-0.2, -0.15) is 0 Å². The lowest BCUT2D eigenvalue weighted by Gasteiger charge is -2.41. The van der Waals surface area contributed by atoms with Crippen LogP contribution in [0.3, 0.4) is 0 Å². The largest absolute Gasteiger partial charge is 0.465 e. The van der Waals surface area contributed by atoms with Crippen LogP contribution in [0, 0.1) is 12.8 Å². The number of rotatable bonds is 5. The number of nitrogens with one attached hydrogen (secondary N) is 1. The highest BCUT2D eigenvalue weighted by molar-refractivity contribution is 6.02. The molecule has 2 aromatic rings. The maximum Gasteiger partial charge on any atom is 0.407 e. The van der Waals surface area contributed by atoms with Crippen LogP contribution in [0.5, 0.6) is 0 Å². The number of hydrogen-bond donors (Lipinski definition) is 2. The molecule has 2 N–H and O–H groups in total. The van der Waals surface area contributed by atoms with Crippen LogP contribution in [0.4, 0.5) is 16.2 Å². The van der Waals surface area contributed by atoms with E-state index in [1.54, 1.807) is 0 Å². The van der Waals surface area contributed by atoms with Gasteiger partial charge in [0.1, 0.15) is 0 Å². The van der Waals surface area contributed by atoms with Crippen LogP contribution in [-0.4, -0.2) is 65.5 Å². The van der Waals surface area contributed by atoms with Crippen molar-refractivity contribution >= 4 is 29.3 Å². The minimum absolute atomic E-state index is 0.0423. The lowest BCUT2D eigenvalue weighted by Crippen LogP contribution is -2.52. The van der Waals surface area contributed by atoms with Gasteiger partial charge in [0.15, 0.2) is 0 Å². The molecule has 1 saturated carbocycles. The van der Waals surface area contributed by atoms with E-state index in [2.05, 4.69) is 10.2 Å². The lowest BCUT2D eigenvalue weighted by molar-refractivity contribution is -0.117. The summed E-state index contributed by atoms with van der Waals surface area (Å²) in [5.74, 6) is 0.0376. The van der Waals surface area contributed by atoms with Gasteiger partial charge in [-0.3, -0.25) is 9.59 Å². The Hall–Kier alpha value is -3.55. The SMILES string of the molecule is Cc1ccc([C@H]2CN(C(=O)O)CCN2C(=O)c2ccc(NC(=O)C3CC3)cc2N2CCCC2)cc1. The monoisotopic (exact) mass is 476 g/mol. The minimum Gasteiger partial charge on any atom is -0.465 e. The molecule has 8 nitrogen and oxygen atoms in total. The highest BCUT2D eigenvalue weighted by Crippen LogP contribution is 2.35. The van der Waals surface area contributed by atoms with E-state index < -0.39 is 6.09 Å². The summed E-state index contributed by atoms with van der Waals surface area (Å²) in [5, 5.41) is 12.6. The fraction of sp³-hybridized carbons (Fsp3) is 0.444. The van der Waals surface area contributed by atoms with Gasteiger partial charge in [0.05, 0.1) is 17.3 Å². The normalized spacial score (nSPS) is 20.1. The van der Waals surface area contributed by atoms with E-state index in [-0.39, 0.29) is 36.9 Å². The number of hydrogen-bond acceptors (Lipinski definition) is 4. The van der Waals surface area contributed by atoms with Crippen LogP contribution in [0.25, 0.3) is 0 Å². The number of benzene rings is 2. The maximum atomic E-state index is 14.0. The Morgan fingerprint density at radius 1 is 0.943 bits per heavy atom. The van der Waals surface area contributed by atoms with Gasteiger partial charge in [-0.05, 0) is 56.4 Å². The van der Waals surface area contributed by atoms with Gasteiger partial charge in [0.25, 0.3) is 5.91 Å². The number of carbonyl (C=O) groups is 3. The zero-order valence-electron chi connectivity index (χ0n) is 20.1. The van der Waals surface area contributed by atoms with Gasteiger partial charge in [-0.15, -0.1) is 0 Å². The van der Waals surface area contributed by atoms with Crippen LogP contribution in [0.1, 0.15) is 53.2 Å². The van der Waals surface area contributed by atoms with Crippen molar-refractivity contribution in [3.8, 4) is 0 Å². The van der Waals surface area contributed by atoms with Crippen molar-refractivity contribution < 1.29 is 19.5 Å². The molecule has 8 heteroatoms. The Morgan fingerprint density at radius 2 is 1.66 bits per heavy atom. The molecule has 0 radical (unpaired) electrons. The van der Waals surface area contributed by atoms with Gasteiger partial charge in [-0.1, -0.05) is 29.8 Å². The molecule has 0 aromatic heterocycles. The summed E-state index contributed by atoms with van der Waals surface area (Å²) in [4.78, 5) is 43.5. The van der Waals surface area contributed by atoms with E-state index in [4.69, 9.17) is 0 Å². The summed E-state index contributed by atoms with van der Waals surface area (Å²) in [5.41, 5.74) is 4.18. The topological polar surface area (TPSA) is 93.2 Å². The van der Waals surface area contributed by atoms with Crippen molar-refractivity contribution in [3.05, 3.63) is 59.2 Å². The fourth-order valence-corrected chi connectivity index (χ4v) is 5.03. The fourth-order valence-electron chi connectivity index (χ4n) is 5.03. The van der Waals surface area contributed by atoms with Gasteiger partial charge in [-0.25, -0.2) is 4.79 Å². The Labute approximate surface area is 205 Å². The van der Waals surface area contributed by atoms with E-state index >= 15 is 0 Å². The molecule has 2 saturated heterocycles. The maximum absolute atomic E-state index is 14.0. The number of aryl methyl sites for hydroxylation is 1. The molecule has 0 unspecified atom stereocenters. The number of carboxylic acid groups (broad SMARTS) is 1. The van der Waals surface area contributed by atoms with Crippen molar-refractivity contribution in [2.24, 2.45) is 5.92 Å². The summed E-state index contributed by atoms with van der Waals surface area (Å²) in [7, 11) is 0. The highest BCUT2D eigenvalue weighted by atomic mass is 16.4. The molecular formula is C27H32N4O4. The molecule has 184 valence electrons. The van der Waals surface area contributed by atoms with E-state index in [9.17, 15) is 19.5 Å². The molecule has 2 heterocycles. The Kier molecular flexibility index (Phi) is 6.36. The number of carbonyl (C=O) groups excluding carboxylic acids is 2. The van der Waals surface area contributed by atoms with E-state index in [0.29, 0.717) is 17.8 Å². The molecule has 3 aliphatic rings. The first-order valence-corrected chi connectivity index (χ1v) is 12.5. The third-order valence-electron chi connectivity index (χ3n) is 7.26. The van der Waals surface area contributed by atoms with E-state index in [1.165, 1.54) is 4.90 Å². The molecule has 0 bridgehead atoms. The molecule has 35 heavy (non-hydrogen) atoms. The van der Waals surface area contributed by atoms with Crippen molar-refractivity contribution in [1.82, 2.24) is 9.80 Å². The summed E-state index contributed by atoms with van der Waals surface area (Å²) in [6.07, 6.45) is 3.03. The predicted molar refractivity (Wildman–Crippen MR) is 134 cm³/mol. The Morgan fingerprint density at radius 3 is 2.31 bits per heavy atom. The van der Waals surface area contributed by atoms with Crippen molar-refractivity contribution in [1.29, 1.82) is 0 Å². The molecular weight excluding hydrogens is 444 g/mol. The van der Waals surface area contributed by atoms with Gasteiger partial charge in [0, 0.05) is 44.3 Å². The van der Waals surface area contributed by atoms with Gasteiger partial charge in [0.2, 0.25) is 5.91 Å². The molecule has 5 rings (SSSR count). The van der Waals surface area contributed by atoms with Crippen LogP contribution >= 0.6 is 0 Å². The minimum atomic E-state index is -0.970. The smallest absolute Gasteiger partial charge is 0.407 e. The Balaban J connectivity index is 1.47. The number of piperazine rings is 1. The third-order valence-corrected chi connectivity index (χ3v) is 7.26. The second-order valence-electron chi connectivity index (χ2n) is 9.84. The van der Waals surface area contributed by atoms with Crippen molar-refractivity contribution in [2.45, 2.75) is 38.6 Å². The van der Waals surface area contributed by atoms with Crippen LogP contribution in [0.15, 0.2) is 42.5 Å². The van der Waals surface area contributed by atoms with Crippen LogP contribution in [-0.2, 0) is 4.79 Å². The second kappa shape index (κ2) is 9.60. The van der Waals surface area contributed by atoms with Crippen molar-refractivity contribution in [2.75, 3.05) is 42.9 Å². The highest BCUT2D eigenvalue weighted by Gasteiger charge is 2.36. The first-order chi connectivity index (χ1) is 16.9. The Bertz CT molecular complexity index is 1120. The molecule has 1 aliphatic carbocycles. The van der Waals surface area contributed by atoms with E-state index in [0.717, 1.165) is 55.6 Å².